The lowest BCUT2D eigenvalue weighted by molar-refractivity contribution is -0.702. The van der Waals surface area contributed by atoms with E-state index in [0.29, 0.717) is 17.8 Å². The number of benzene rings is 1. The highest BCUT2D eigenvalue weighted by Gasteiger charge is 2.25. The van der Waals surface area contributed by atoms with Crippen LogP contribution in [0.5, 0.6) is 0 Å². The normalized spacial score (nSPS) is 14.4. The van der Waals surface area contributed by atoms with Crippen LogP contribution in [-0.2, 0) is 6.54 Å². The van der Waals surface area contributed by atoms with E-state index in [4.69, 9.17) is 4.98 Å². The van der Waals surface area contributed by atoms with E-state index >= 15 is 0 Å². The highest BCUT2D eigenvalue weighted by atomic mass is 14.9. The lowest BCUT2D eigenvalue weighted by Crippen LogP contribution is -2.37. The zero-order valence-electron chi connectivity index (χ0n) is 17.5. The van der Waals surface area contributed by atoms with Crippen molar-refractivity contribution in [2.75, 3.05) is 0 Å². The molecule has 0 spiro atoms. The zero-order chi connectivity index (χ0) is 19.8. The summed E-state index contributed by atoms with van der Waals surface area (Å²) >= 11 is 0. The summed E-state index contributed by atoms with van der Waals surface area (Å²) in [6, 6.07) is 23.9. The predicted molar refractivity (Wildman–Crippen MR) is 116 cm³/mol. The topological polar surface area (TPSA) is 16.8 Å². The fourth-order valence-electron chi connectivity index (χ4n) is 4.33. The molecule has 2 heteroatoms. The Morgan fingerprint density at radius 3 is 2.25 bits per heavy atom. The minimum Gasteiger partial charge on any atom is -0.261 e. The van der Waals surface area contributed by atoms with Gasteiger partial charge in [0.25, 0.3) is 0 Å². The Morgan fingerprint density at radius 2 is 1.57 bits per heavy atom. The van der Waals surface area contributed by atoms with Gasteiger partial charge in [0.2, 0.25) is 0 Å². The standard InChI is InChI=1S/C26H33N2/c1-4-22(23-13-7-6-8-14-23)20-24(25-15-9-11-17-27-25)19-21(3)26-16-10-12-18-28(26)5-2/h6-18,21-22,24H,4-5,19-20H2,1-3H3/q+1. The maximum atomic E-state index is 4.74. The van der Waals surface area contributed by atoms with Crippen molar-refractivity contribution < 1.29 is 4.57 Å². The number of pyridine rings is 2. The van der Waals surface area contributed by atoms with Crippen molar-refractivity contribution in [2.45, 2.75) is 64.3 Å². The van der Waals surface area contributed by atoms with Gasteiger partial charge in [0.15, 0.2) is 11.9 Å². The van der Waals surface area contributed by atoms with Gasteiger partial charge in [-0.15, -0.1) is 0 Å². The van der Waals surface area contributed by atoms with Gasteiger partial charge in [0, 0.05) is 35.9 Å². The Morgan fingerprint density at radius 1 is 0.821 bits per heavy atom. The van der Waals surface area contributed by atoms with Crippen molar-refractivity contribution in [3.05, 3.63) is 96.1 Å². The Labute approximate surface area is 170 Å². The first-order valence-corrected chi connectivity index (χ1v) is 10.7. The van der Waals surface area contributed by atoms with Crippen molar-refractivity contribution in [3.8, 4) is 0 Å². The molecule has 0 amide bonds. The molecular formula is C26H33N2+. The molecule has 0 N–H and O–H groups in total. The summed E-state index contributed by atoms with van der Waals surface area (Å²) < 4.78 is 2.37. The molecule has 0 fully saturated rings. The third-order valence-corrected chi connectivity index (χ3v) is 5.90. The molecule has 3 rings (SSSR count). The van der Waals surface area contributed by atoms with Gasteiger partial charge in [-0.05, 0) is 49.8 Å². The van der Waals surface area contributed by atoms with Gasteiger partial charge in [-0.2, -0.15) is 0 Å². The largest absolute Gasteiger partial charge is 0.261 e. The van der Waals surface area contributed by atoms with Crippen LogP contribution in [0.15, 0.2) is 79.1 Å². The van der Waals surface area contributed by atoms with Crippen molar-refractivity contribution >= 4 is 0 Å². The van der Waals surface area contributed by atoms with Crippen LogP contribution in [0.3, 0.4) is 0 Å². The summed E-state index contributed by atoms with van der Waals surface area (Å²) in [6.45, 7) is 7.89. The maximum Gasteiger partial charge on any atom is 0.184 e. The summed E-state index contributed by atoms with van der Waals surface area (Å²) in [5, 5.41) is 0. The number of hydrogen-bond acceptors (Lipinski definition) is 1. The van der Waals surface area contributed by atoms with E-state index in [2.05, 4.69) is 92.2 Å². The summed E-state index contributed by atoms with van der Waals surface area (Å²) in [7, 11) is 0. The van der Waals surface area contributed by atoms with E-state index in [9.17, 15) is 0 Å². The molecule has 3 aromatic rings. The molecule has 0 saturated heterocycles. The molecule has 28 heavy (non-hydrogen) atoms. The molecule has 2 aromatic heterocycles. The Balaban J connectivity index is 1.85. The lowest BCUT2D eigenvalue weighted by atomic mass is 9.80. The molecule has 0 bridgehead atoms. The van der Waals surface area contributed by atoms with Crippen LogP contribution in [0.2, 0.25) is 0 Å². The van der Waals surface area contributed by atoms with Crippen molar-refractivity contribution in [2.24, 2.45) is 0 Å². The smallest absolute Gasteiger partial charge is 0.184 e. The van der Waals surface area contributed by atoms with E-state index in [1.807, 2.05) is 12.3 Å². The molecule has 0 aliphatic rings. The maximum absolute atomic E-state index is 4.74. The van der Waals surface area contributed by atoms with E-state index in [-0.39, 0.29) is 0 Å². The Bertz CT molecular complexity index is 829. The molecule has 0 radical (unpaired) electrons. The number of hydrogen-bond donors (Lipinski definition) is 0. The molecule has 2 heterocycles. The van der Waals surface area contributed by atoms with Gasteiger partial charge in [-0.1, -0.05) is 56.3 Å². The predicted octanol–water partition coefficient (Wildman–Crippen LogP) is 6.25. The second-order valence-corrected chi connectivity index (χ2v) is 7.75. The number of aromatic nitrogens is 2. The van der Waals surface area contributed by atoms with Crippen LogP contribution in [0.25, 0.3) is 0 Å². The average Bonchev–Trinajstić information content (AvgIpc) is 2.77. The molecular weight excluding hydrogens is 340 g/mol. The Kier molecular flexibility index (Phi) is 7.36. The quantitative estimate of drug-likeness (QED) is 0.405. The minimum absolute atomic E-state index is 0.451. The third kappa shape index (κ3) is 5.07. The van der Waals surface area contributed by atoms with Crippen LogP contribution in [0.4, 0.5) is 0 Å². The molecule has 3 unspecified atom stereocenters. The highest BCUT2D eigenvalue weighted by molar-refractivity contribution is 5.21. The van der Waals surface area contributed by atoms with Crippen LogP contribution < -0.4 is 4.57 Å². The molecule has 1 aromatic carbocycles. The monoisotopic (exact) mass is 373 g/mol. The van der Waals surface area contributed by atoms with Crippen LogP contribution in [-0.4, -0.2) is 4.98 Å². The second-order valence-electron chi connectivity index (χ2n) is 7.75. The SMILES string of the molecule is CCC(CC(CC(C)c1cccc[n+]1CC)c1ccccn1)c1ccccc1. The summed E-state index contributed by atoms with van der Waals surface area (Å²) in [4.78, 5) is 4.74. The van der Waals surface area contributed by atoms with Crippen molar-refractivity contribution in [1.82, 2.24) is 4.98 Å². The number of nitrogens with zero attached hydrogens (tertiary/aromatic N) is 2. The molecule has 3 atom stereocenters. The van der Waals surface area contributed by atoms with E-state index < -0.39 is 0 Å². The van der Waals surface area contributed by atoms with Crippen LogP contribution in [0.1, 0.15) is 74.7 Å². The fourth-order valence-corrected chi connectivity index (χ4v) is 4.33. The highest BCUT2D eigenvalue weighted by Crippen LogP contribution is 2.37. The Hall–Kier alpha value is -2.48. The van der Waals surface area contributed by atoms with Crippen LogP contribution in [0, 0.1) is 0 Å². The van der Waals surface area contributed by atoms with Gasteiger partial charge in [0.05, 0.1) is 0 Å². The van der Waals surface area contributed by atoms with E-state index in [1.54, 1.807) is 0 Å². The fraction of sp³-hybridized carbons (Fsp3) is 0.385. The molecule has 0 saturated carbocycles. The van der Waals surface area contributed by atoms with Gasteiger partial charge < -0.3 is 0 Å². The first kappa shape index (κ1) is 20.3. The third-order valence-electron chi connectivity index (χ3n) is 5.90. The van der Waals surface area contributed by atoms with E-state index in [0.717, 1.165) is 25.8 Å². The van der Waals surface area contributed by atoms with Crippen molar-refractivity contribution in [1.29, 1.82) is 0 Å². The first-order valence-electron chi connectivity index (χ1n) is 10.7. The lowest BCUT2D eigenvalue weighted by Gasteiger charge is -2.25. The molecule has 0 aliphatic heterocycles. The van der Waals surface area contributed by atoms with Gasteiger partial charge >= 0.3 is 0 Å². The van der Waals surface area contributed by atoms with Gasteiger partial charge in [0.1, 0.15) is 6.54 Å². The molecule has 2 nitrogen and oxygen atoms in total. The second kappa shape index (κ2) is 10.2. The zero-order valence-corrected chi connectivity index (χ0v) is 17.5. The van der Waals surface area contributed by atoms with Gasteiger partial charge in [-0.25, -0.2) is 4.57 Å². The van der Waals surface area contributed by atoms with Crippen molar-refractivity contribution in [3.63, 3.8) is 0 Å². The van der Waals surface area contributed by atoms with Crippen LogP contribution >= 0.6 is 0 Å². The summed E-state index contributed by atoms with van der Waals surface area (Å²) in [5.74, 6) is 1.50. The molecule has 0 aliphatic carbocycles. The van der Waals surface area contributed by atoms with E-state index in [1.165, 1.54) is 17.0 Å². The summed E-state index contributed by atoms with van der Waals surface area (Å²) in [6.07, 6.45) is 7.54. The minimum atomic E-state index is 0.451. The number of rotatable bonds is 9. The number of aryl methyl sites for hydroxylation is 1. The molecule has 146 valence electrons. The first-order chi connectivity index (χ1) is 13.7. The summed E-state index contributed by atoms with van der Waals surface area (Å²) in [5.41, 5.74) is 4.09. The van der Waals surface area contributed by atoms with Gasteiger partial charge in [-0.3, -0.25) is 4.98 Å². The average molecular weight is 374 g/mol.